The molecule has 1 N–H and O–H groups in total. The Bertz CT molecular complexity index is 1210. The molecular formula is C20H14F2N6. The quantitative estimate of drug-likeness (QED) is 0.579. The number of nitriles is 1. The number of anilines is 1. The Kier molecular flexibility index (Phi) is 4.41. The molecular weight excluding hydrogens is 362 g/mol. The van der Waals surface area contributed by atoms with E-state index in [1.54, 1.807) is 41.5 Å². The highest BCUT2D eigenvalue weighted by atomic mass is 19.2. The first-order chi connectivity index (χ1) is 13.5. The molecule has 2 aromatic heterocycles. The number of hydrogen-bond donors (Lipinski definition) is 1. The standard InChI is InChI=1S/C20H14F2N6/c1-12(14-3-4-15(21)16(22)7-14)26-19-9-24-10-20(27-19)28-11-25-17-5-2-13(8-23)6-18(17)28/h2-7,9-12H,1H3,(H,26,27)/t12-/m0/s1. The predicted molar refractivity (Wildman–Crippen MR) is 99.8 cm³/mol. The second-order valence-corrected chi connectivity index (χ2v) is 6.23. The molecule has 0 unspecified atom stereocenters. The van der Waals surface area contributed by atoms with Gasteiger partial charge in [0.25, 0.3) is 0 Å². The summed E-state index contributed by atoms with van der Waals surface area (Å²) in [5.41, 5.74) is 2.56. The maximum absolute atomic E-state index is 13.5. The van der Waals surface area contributed by atoms with E-state index in [0.717, 1.165) is 23.2 Å². The van der Waals surface area contributed by atoms with Crippen LogP contribution in [-0.2, 0) is 0 Å². The molecule has 0 radical (unpaired) electrons. The first kappa shape index (κ1) is 17.5. The number of hydrogen-bond acceptors (Lipinski definition) is 5. The van der Waals surface area contributed by atoms with Crippen LogP contribution in [0.15, 0.2) is 55.1 Å². The maximum atomic E-state index is 13.5. The van der Waals surface area contributed by atoms with Gasteiger partial charge in [-0.3, -0.25) is 9.55 Å². The van der Waals surface area contributed by atoms with Gasteiger partial charge >= 0.3 is 0 Å². The highest BCUT2D eigenvalue weighted by molar-refractivity contribution is 5.78. The summed E-state index contributed by atoms with van der Waals surface area (Å²) < 4.78 is 28.3. The van der Waals surface area contributed by atoms with E-state index in [0.29, 0.717) is 22.8 Å². The summed E-state index contributed by atoms with van der Waals surface area (Å²) in [6.45, 7) is 1.81. The third-order valence-corrected chi connectivity index (χ3v) is 4.35. The lowest BCUT2D eigenvalue weighted by atomic mass is 10.1. The summed E-state index contributed by atoms with van der Waals surface area (Å²) in [6, 6.07) is 10.7. The largest absolute Gasteiger partial charge is 0.362 e. The molecule has 4 aromatic rings. The molecule has 0 saturated carbocycles. The number of fused-ring (bicyclic) bond motifs is 1. The van der Waals surface area contributed by atoms with Crippen LogP contribution in [-0.4, -0.2) is 19.5 Å². The Labute approximate surface area is 159 Å². The molecule has 0 spiro atoms. The molecule has 2 aromatic carbocycles. The van der Waals surface area contributed by atoms with Gasteiger partial charge in [0.05, 0.1) is 41.1 Å². The van der Waals surface area contributed by atoms with Crippen LogP contribution in [0, 0.1) is 23.0 Å². The minimum absolute atomic E-state index is 0.315. The van der Waals surface area contributed by atoms with Crippen LogP contribution in [0.3, 0.4) is 0 Å². The maximum Gasteiger partial charge on any atom is 0.159 e. The van der Waals surface area contributed by atoms with Gasteiger partial charge in [0.1, 0.15) is 12.1 Å². The van der Waals surface area contributed by atoms with Crippen molar-refractivity contribution in [2.75, 3.05) is 5.32 Å². The third kappa shape index (κ3) is 3.25. The summed E-state index contributed by atoms with van der Waals surface area (Å²) in [6.07, 6.45) is 4.73. The van der Waals surface area contributed by atoms with Crippen molar-refractivity contribution in [3.8, 4) is 11.9 Å². The predicted octanol–water partition coefficient (Wildman–Crippen LogP) is 4.14. The molecule has 138 valence electrons. The van der Waals surface area contributed by atoms with Crippen LogP contribution in [0.2, 0.25) is 0 Å². The van der Waals surface area contributed by atoms with Crippen molar-refractivity contribution >= 4 is 16.9 Å². The first-order valence-corrected chi connectivity index (χ1v) is 8.46. The highest BCUT2D eigenvalue weighted by Crippen LogP contribution is 2.22. The van der Waals surface area contributed by atoms with E-state index < -0.39 is 11.6 Å². The third-order valence-electron chi connectivity index (χ3n) is 4.35. The topological polar surface area (TPSA) is 79.4 Å². The van der Waals surface area contributed by atoms with E-state index >= 15 is 0 Å². The van der Waals surface area contributed by atoms with Crippen LogP contribution in [0.5, 0.6) is 0 Å². The summed E-state index contributed by atoms with van der Waals surface area (Å²) in [7, 11) is 0. The van der Waals surface area contributed by atoms with Gasteiger partial charge < -0.3 is 5.32 Å². The van der Waals surface area contributed by atoms with Crippen molar-refractivity contribution in [3.63, 3.8) is 0 Å². The van der Waals surface area contributed by atoms with Gasteiger partial charge in [-0.15, -0.1) is 0 Å². The molecule has 0 aliphatic carbocycles. The van der Waals surface area contributed by atoms with Crippen molar-refractivity contribution in [2.45, 2.75) is 13.0 Å². The SMILES string of the molecule is C[C@H](Nc1cncc(-n2cnc3ccc(C#N)cc32)n1)c1ccc(F)c(F)c1. The summed E-state index contributed by atoms with van der Waals surface area (Å²) in [4.78, 5) is 13.0. The fourth-order valence-electron chi connectivity index (χ4n) is 2.89. The number of nitrogens with one attached hydrogen (secondary N) is 1. The number of benzene rings is 2. The second-order valence-electron chi connectivity index (χ2n) is 6.23. The van der Waals surface area contributed by atoms with Crippen molar-refractivity contribution in [1.29, 1.82) is 5.26 Å². The van der Waals surface area contributed by atoms with Crippen molar-refractivity contribution in [3.05, 3.63) is 77.9 Å². The van der Waals surface area contributed by atoms with Gasteiger partial charge in [-0.25, -0.2) is 18.7 Å². The van der Waals surface area contributed by atoms with Crippen molar-refractivity contribution in [2.24, 2.45) is 0 Å². The monoisotopic (exact) mass is 376 g/mol. The van der Waals surface area contributed by atoms with Gasteiger partial charge in [0, 0.05) is 0 Å². The first-order valence-electron chi connectivity index (χ1n) is 8.46. The van der Waals surface area contributed by atoms with Crippen molar-refractivity contribution < 1.29 is 8.78 Å². The zero-order chi connectivity index (χ0) is 19.7. The van der Waals surface area contributed by atoms with Gasteiger partial charge in [-0.2, -0.15) is 5.26 Å². The van der Waals surface area contributed by atoms with E-state index in [1.807, 2.05) is 6.92 Å². The molecule has 0 aliphatic heterocycles. The number of rotatable bonds is 4. The van der Waals surface area contributed by atoms with Crippen LogP contribution < -0.4 is 5.32 Å². The Morgan fingerprint density at radius 2 is 1.96 bits per heavy atom. The average molecular weight is 376 g/mol. The van der Waals surface area contributed by atoms with E-state index in [1.165, 1.54) is 6.07 Å². The van der Waals surface area contributed by atoms with Crippen LogP contribution in [0.1, 0.15) is 24.1 Å². The van der Waals surface area contributed by atoms with Gasteiger partial charge in [0.2, 0.25) is 0 Å². The zero-order valence-corrected chi connectivity index (χ0v) is 14.8. The van der Waals surface area contributed by atoms with Crippen LogP contribution >= 0.6 is 0 Å². The lowest BCUT2D eigenvalue weighted by Gasteiger charge is -2.15. The molecule has 6 nitrogen and oxygen atoms in total. The van der Waals surface area contributed by atoms with Crippen LogP contribution in [0.25, 0.3) is 16.9 Å². The molecule has 1 atom stereocenters. The lowest BCUT2D eigenvalue weighted by Crippen LogP contribution is -2.10. The zero-order valence-electron chi connectivity index (χ0n) is 14.8. The molecule has 4 rings (SSSR count). The number of imidazole rings is 1. The van der Waals surface area contributed by atoms with E-state index in [2.05, 4.69) is 26.3 Å². The normalized spacial score (nSPS) is 11.9. The summed E-state index contributed by atoms with van der Waals surface area (Å²) >= 11 is 0. The molecule has 0 fully saturated rings. The molecule has 8 heteroatoms. The van der Waals surface area contributed by atoms with Gasteiger partial charge in [-0.05, 0) is 42.8 Å². The average Bonchev–Trinajstić information content (AvgIpc) is 3.13. The van der Waals surface area contributed by atoms with E-state index in [-0.39, 0.29) is 6.04 Å². The Morgan fingerprint density at radius 1 is 1.11 bits per heavy atom. The molecule has 0 bridgehead atoms. The minimum atomic E-state index is -0.899. The molecule has 0 saturated heterocycles. The summed E-state index contributed by atoms with van der Waals surface area (Å²) in [5.74, 6) is -0.807. The number of halogens is 2. The molecule has 28 heavy (non-hydrogen) atoms. The number of nitrogens with zero attached hydrogens (tertiary/aromatic N) is 5. The van der Waals surface area contributed by atoms with Crippen molar-refractivity contribution in [1.82, 2.24) is 19.5 Å². The molecule has 2 heterocycles. The smallest absolute Gasteiger partial charge is 0.159 e. The fourth-order valence-corrected chi connectivity index (χ4v) is 2.89. The molecule has 0 amide bonds. The Morgan fingerprint density at radius 3 is 2.75 bits per heavy atom. The summed E-state index contributed by atoms with van der Waals surface area (Å²) in [5, 5.41) is 12.2. The second kappa shape index (κ2) is 7.04. The molecule has 0 aliphatic rings. The van der Waals surface area contributed by atoms with Crippen LogP contribution in [0.4, 0.5) is 14.6 Å². The fraction of sp³-hybridized carbons (Fsp3) is 0.100. The number of aromatic nitrogens is 4. The lowest BCUT2D eigenvalue weighted by molar-refractivity contribution is 0.506. The van der Waals surface area contributed by atoms with E-state index in [9.17, 15) is 8.78 Å². The highest BCUT2D eigenvalue weighted by Gasteiger charge is 2.12. The van der Waals surface area contributed by atoms with Gasteiger partial charge in [0.15, 0.2) is 17.5 Å². The van der Waals surface area contributed by atoms with Gasteiger partial charge in [-0.1, -0.05) is 6.07 Å². The Balaban J connectivity index is 1.65. The Hall–Kier alpha value is -3.86. The minimum Gasteiger partial charge on any atom is -0.362 e. The van der Waals surface area contributed by atoms with E-state index in [4.69, 9.17) is 5.26 Å².